The molecule has 1 N–H and O–H groups in total. The van der Waals surface area contributed by atoms with E-state index in [1.165, 1.54) is 11.8 Å². The number of hydrogen-bond donors (Lipinski definition) is 1. The number of H-pyrrole nitrogens is 1. The summed E-state index contributed by atoms with van der Waals surface area (Å²) >= 11 is 4.78. The van der Waals surface area contributed by atoms with Gasteiger partial charge < -0.3 is 4.98 Å². The van der Waals surface area contributed by atoms with Crippen LogP contribution in [0.15, 0.2) is 45.1 Å². The molecule has 0 aliphatic rings. The lowest BCUT2D eigenvalue weighted by Gasteiger charge is -2.01. The number of nitriles is 1. The smallest absolute Gasteiger partial charge is 0.170 e. The van der Waals surface area contributed by atoms with Gasteiger partial charge in [-0.2, -0.15) is 5.26 Å². The van der Waals surface area contributed by atoms with Gasteiger partial charge in [0.15, 0.2) is 5.16 Å². The van der Waals surface area contributed by atoms with Crippen molar-refractivity contribution in [3.05, 3.63) is 40.6 Å². The zero-order valence-electron chi connectivity index (χ0n) is 7.57. The number of halogens is 1. The van der Waals surface area contributed by atoms with Crippen molar-refractivity contribution in [2.75, 3.05) is 0 Å². The highest BCUT2D eigenvalue weighted by Gasteiger charge is 2.05. The highest BCUT2D eigenvalue weighted by molar-refractivity contribution is 9.10. The quantitative estimate of drug-likeness (QED) is 0.919. The van der Waals surface area contributed by atoms with Crippen LogP contribution >= 0.6 is 27.7 Å². The van der Waals surface area contributed by atoms with Crippen LogP contribution in [-0.4, -0.2) is 9.97 Å². The van der Waals surface area contributed by atoms with Gasteiger partial charge in [0.05, 0.1) is 5.56 Å². The van der Waals surface area contributed by atoms with Crippen molar-refractivity contribution in [3.63, 3.8) is 0 Å². The molecule has 0 unspecified atom stereocenters. The maximum Gasteiger partial charge on any atom is 0.170 e. The minimum Gasteiger partial charge on any atom is -0.339 e. The van der Waals surface area contributed by atoms with Gasteiger partial charge in [-0.3, -0.25) is 0 Å². The summed E-state index contributed by atoms with van der Waals surface area (Å²) in [4.78, 5) is 7.98. The molecule has 0 bridgehead atoms. The van der Waals surface area contributed by atoms with Crippen LogP contribution in [-0.2, 0) is 0 Å². The Kier molecular flexibility index (Phi) is 3.09. The van der Waals surface area contributed by atoms with E-state index in [1.54, 1.807) is 18.5 Å². The fourth-order valence-electron chi connectivity index (χ4n) is 1.09. The molecule has 15 heavy (non-hydrogen) atoms. The van der Waals surface area contributed by atoms with Crippen LogP contribution < -0.4 is 0 Å². The third-order valence-corrected chi connectivity index (χ3v) is 3.23. The molecule has 2 rings (SSSR count). The molecule has 1 aromatic heterocycles. The van der Waals surface area contributed by atoms with Crippen molar-refractivity contribution < 1.29 is 0 Å². The summed E-state index contributed by atoms with van der Waals surface area (Å²) in [5, 5.41) is 9.74. The molecule has 0 aliphatic heterocycles. The Balaban J connectivity index is 2.33. The van der Waals surface area contributed by atoms with E-state index in [2.05, 4.69) is 32.0 Å². The Morgan fingerprint density at radius 2 is 2.33 bits per heavy atom. The molecule has 74 valence electrons. The van der Waals surface area contributed by atoms with Crippen LogP contribution in [0.5, 0.6) is 0 Å². The fourth-order valence-corrected chi connectivity index (χ4v) is 2.25. The van der Waals surface area contributed by atoms with E-state index >= 15 is 0 Å². The van der Waals surface area contributed by atoms with Crippen LogP contribution in [0.3, 0.4) is 0 Å². The Hall–Kier alpha value is -1.25. The van der Waals surface area contributed by atoms with Gasteiger partial charge in [0, 0.05) is 21.8 Å². The minimum absolute atomic E-state index is 0.644. The number of benzene rings is 1. The molecule has 1 aromatic carbocycles. The summed E-state index contributed by atoms with van der Waals surface area (Å²) in [6, 6.07) is 7.76. The lowest BCUT2D eigenvalue weighted by molar-refractivity contribution is 1.06. The molecule has 0 radical (unpaired) electrons. The zero-order chi connectivity index (χ0) is 10.7. The van der Waals surface area contributed by atoms with Crippen LogP contribution in [0, 0.1) is 11.3 Å². The first-order valence-electron chi connectivity index (χ1n) is 4.16. The number of imidazole rings is 1. The van der Waals surface area contributed by atoms with Crippen molar-refractivity contribution >= 4 is 27.7 Å². The number of nitrogens with zero attached hydrogens (tertiary/aromatic N) is 2. The average molecular weight is 280 g/mol. The molecule has 0 amide bonds. The number of hydrogen-bond acceptors (Lipinski definition) is 3. The third kappa shape index (κ3) is 2.41. The van der Waals surface area contributed by atoms with Crippen molar-refractivity contribution in [2.24, 2.45) is 0 Å². The molecule has 1 heterocycles. The van der Waals surface area contributed by atoms with Gasteiger partial charge >= 0.3 is 0 Å². The van der Waals surface area contributed by atoms with Crippen molar-refractivity contribution in [1.82, 2.24) is 9.97 Å². The van der Waals surface area contributed by atoms with E-state index in [9.17, 15) is 0 Å². The number of aromatic amines is 1. The minimum atomic E-state index is 0.644. The van der Waals surface area contributed by atoms with Gasteiger partial charge in [-0.1, -0.05) is 27.7 Å². The van der Waals surface area contributed by atoms with Gasteiger partial charge in [-0.05, 0) is 18.2 Å². The second-order valence-electron chi connectivity index (χ2n) is 2.75. The number of nitrogens with one attached hydrogen (secondary N) is 1. The summed E-state index contributed by atoms with van der Waals surface area (Å²) in [7, 11) is 0. The Labute approximate surface area is 99.7 Å². The first-order valence-corrected chi connectivity index (χ1v) is 5.77. The number of rotatable bonds is 2. The molecule has 0 fully saturated rings. The van der Waals surface area contributed by atoms with Crippen LogP contribution in [0.2, 0.25) is 0 Å². The van der Waals surface area contributed by atoms with Gasteiger partial charge in [0.2, 0.25) is 0 Å². The molecular formula is C10H6BrN3S. The van der Waals surface area contributed by atoms with E-state index in [1.807, 2.05) is 12.1 Å². The summed E-state index contributed by atoms with van der Waals surface area (Å²) < 4.78 is 0.905. The standard InChI is InChI=1S/C10H6BrN3S/c11-8-1-2-9(7(5-8)6-12)15-10-13-3-4-14-10/h1-5H,(H,13,14). The van der Waals surface area contributed by atoms with Crippen molar-refractivity contribution in [1.29, 1.82) is 5.26 Å². The first kappa shape index (κ1) is 10.3. The second kappa shape index (κ2) is 4.51. The maximum absolute atomic E-state index is 8.96. The molecular weight excluding hydrogens is 274 g/mol. The predicted molar refractivity (Wildman–Crippen MR) is 61.6 cm³/mol. The molecule has 0 atom stereocenters. The normalized spacial score (nSPS) is 9.87. The van der Waals surface area contributed by atoms with E-state index in [4.69, 9.17) is 5.26 Å². The van der Waals surface area contributed by atoms with E-state index in [0.29, 0.717) is 5.56 Å². The molecule has 5 heteroatoms. The van der Waals surface area contributed by atoms with Crippen LogP contribution in [0.1, 0.15) is 5.56 Å². The summed E-state index contributed by atoms with van der Waals surface area (Å²) in [6.07, 6.45) is 3.44. The summed E-state index contributed by atoms with van der Waals surface area (Å²) in [6.45, 7) is 0. The molecule has 0 spiro atoms. The first-order chi connectivity index (χ1) is 7.29. The Bertz CT molecular complexity index is 502. The molecule has 0 saturated carbocycles. The van der Waals surface area contributed by atoms with Gasteiger partial charge in [-0.15, -0.1) is 0 Å². The molecule has 2 aromatic rings. The van der Waals surface area contributed by atoms with Crippen molar-refractivity contribution in [2.45, 2.75) is 10.1 Å². The largest absolute Gasteiger partial charge is 0.339 e. The van der Waals surface area contributed by atoms with E-state index < -0.39 is 0 Å². The lowest BCUT2D eigenvalue weighted by atomic mass is 10.2. The van der Waals surface area contributed by atoms with Gasteiger partial charge in [-0.25, -0.2) is 4.98 Å². The zero-order valence-corrected chi connectivity index (χ0v) is 9.97. The Morgan fingerprint density at radius 1 is 1.47 bits per heavy atom. The maximum atomic E-state index is 8.96. The predicted octanol–water partition coefficient (Wildman–Crippen LogP) is 3.20. The van der Waals surface area contributed by atoms with Gasteiger partial charge in [0.1, 0.15) is 6.07 Å². The fraction of sp³-hybridized carbons (Fsp3) is 0. The van der Waals surface area contributed by atoms with E-state index in [0.717, 1.165) is 14.5 Å². The van der Waals surface area contributed by atoms with Gasteiger partial charge in [0.25, 0.3) is 0 Å². The van der Waals surface area contributed by atoms with Crippen molar-refractivity contribution in [3.8, 4) is 6.07 Å². The topological polar surface area (TPSA) is 52.5 Å². The summed E-state index contributed by atoms with van der Waals surface area (Å²) in [5.74, 6) is 0. The van der Waals surface area contributed by atoms with Crippen LogP contribution in [0.4, 0.5) is 0 Å². The van der Waals surface area contributed by atoms with Crippen LogP contribution in [0.25, 0.3) is 0 Å². The number of aromatic nitrogens is 2. The molecule has 0 aliphatic carbocycles. The molecule has 0 saturated heterocycles. The summed E-state index contributed by atoms with van der Waals surface area (Å²) in [5.41, 5.74) is 0.644. The average Bonchev–Trinajstić information content (AvgIpc) is 2.73. The Morgan fingerprint density at radius 3 is 3.00 bits per heavy atom. The SMILES string of the molecule is N#Cc1cc(Br)ccc1Sc1ncc[nH]1. The lowest BCUT2D eigenvalue weighted by Crippen LogP contribution is -1.82. The highest BCUT2D eigenvalue weighted by Crippen LogP contribution is 2.29. The second-order valence-corrected chi connectivity index (χ2v) is 4.69. The van der Waals surface area contributed by atoms with E-state index in [-0.39, 0.29) is 0 Å². The third-order valence-electron chi connectivity index (χ3n) is 1.74. The monoisotopic (exact) mass is 279 g/mol. The molecule has 3 nitrogen and oxygen atoms in total. The highest BCUT2D eigenvalue weighted by atomic mass is 79.9.